The summed E-state index contributed by atoms with van der Waals surface area (Å²) < 4.78 is 1.89. The van der Waals surface area contributed by atoms with E-state index >= 15 is 0 Å². The second kappa shape index (κ2) is 6.99. The molecule has 1 amide bonds. The van der Waals surface area contributed by atoms with Crippen molar-refractivity contribution in [3.05, 3.63) is 77.1 Å². The van der Waals surface area contributed by atoms with Crippen LogP contribution in [-0.2, 0) is 4.79 Å². The molecular weight excluding hydrogens is 336 g/mol. The molecule has 2 unspecified atom stereocenters. The zero-order chi connectivity index (χ0) is 19.0. The quantitative estimate of drug-likeness (QED) is 0.697. The molecule has 0 saturated heterocycles. The molecule has 0 bridgehead atoms. The first-order valence-corrected chi connectivity index (χ1v) is 9.43. The molecule has 0 radical (unpaired) electrons. The average molecular weight is 360 g/mol. The minimum absolute atomic E-state index is 0.0512. The van der Waals surface area contributed by atoms with Gasteiger partial charge in [0.1, 0.15) is 6.33 Å². The Morgan fingerprint density at radius 1 is 0.963 bits per heavy atom. The van der Waals surface area contributed by atoms with Crippen LogP contribution in [0.2, 0.25) is 0 Å². The van der Waals surface area contributed by atoms with E-state index in [4.69, 9.17) is 0 Å². The first kappa shape index (κ1) is 17.5. The zero-order valence-corrected chi connectivity index (χ0v) is 16.0. The number of aromatic nitrogens is 3. The summed E-state index contributed by atoms with van der Waals surface area (Å²) in [5.74, 6) is 0.696. The van der Waals surface area contributed by atoms with E-state index in [1.54, 1.807) is 6.33 Å². The molecule has 0 saturated carbocycles. The zero-order valence-electron chi connectivity index (χ0n) is 16.0. The second-order valence-corrected chi connectivity index (χ2v) is 7.21. The number of amides is 1. The first-order valence-electron chi connectivity index (χ1n) is 9.43. The molecule has 1 aromatic heterocycles. The van der Waals surface area contributed by atoms with Crippen LogP contribution in [0.4, 0.5) is 5.95 Å². The van der Waals surface area contributed by atoms with Crippen molar-refractivity contribution in [2.45, 2.75) is 45.7 Å². The summed E-state index contributed by atoms with van der Waals surface area (Å²) in [5.41, 5.74) is 4.76. The molecule has 27 heavy (non-hydrogen) atoms. The standard InChI is InChI=1S/C22H24N4O/c1-4-21(27)25-19(17-9-5-15(2)6-10-17)13-20(26-22(25)23-14-24-26)18-11-7-16(3)8-12-18/h5-12,14,19-20H,4,13H2,1-3H3. The Balaban J connectivity index is 1.83. The number of carbonyl (C=O) groups excluding carboxylic acids is 1. The Kier molecular flexibility index (Phi) is 4.52. The Labute approximate surface area is 159 Å². The molecule has 2 atom stereocenters. The highest BCUT2D eigenvalue weighted by molar-refractivity contribution is 5.92. The maximum atomic E-state index is 12.8. The number of fused-ring (bicyclic) bond motifs is 1. The summed E-state index contributed by atoms with van der Waals surface area (Å²) in [5, 5.41) is 4.46. The van der Waals surface area contributed by atoms with Crippen LogP contribution >= 0.6 is 0 Å². The number of anilines is 1. The van der Waals surface area contributed by atoms with Crippen molar-refractivity contribution < 1.29 is 4.79 Å². The van der Waals surface area contributed by atoms with Gasteiger partial charge >= 0.3 is 0 Å². The lowest BCUT2D eigenvalue weighted by molar-refractivity contribution is -0.119. The van der Waals surface area contributed by atoms with Gasteiger partial charge in [0.05, 0.1) is 12.1 Å². The topological polar surface area (TPSA) is 51.0 Å². The molecule has 0 N–H and O–H groups in total. The first-order chi connectivity index (χ1) is 13.1. The molecule has 138 valence electrons. The molecule has 5 heteroatoms. The molecule has 1 aliphatic rings. The lowest BCUT2D eigenvalue weighted by Crippen LogP contribution is -2.42. The predicted octanol–water partition coefficient (Wildman–Crippen LogP) is 4.37. The van der Waals surface area contributed by atoms with E-state index in [0.717, 1.165) is 12.0 Å². The molecule has 2 heterocycles. The van der Waals surface area contributed by atoms with Crippen molar-refractivity contribution in [2.75, 3.05) is 4.90 Å². The maximum absolute atomic E-state index is 12.8. The van der Waals surface area contributed by atoms with Crippen molar-refractivity contribution in [1.82, 2.24) is 14.8 Å². The van der Waals surface area contributed by atoms with Gasteiger partial charge in [0.25, 0.3) is 0 Å². The van der Waals surface area contributed by atoms with Crippen LogP contribution in [0.25, 0.3) is 0 Å². The molecular formula is C22H24N4O. The fourth-order valence-electron chi connectivity index (χ4n) is 3.79. The van der Waals surface area contributed by atoms with Crippen molar-refractivity contribution in [1.29, 1.82) is 0 Å². The number of rotatable bonds is 3. The van der Waals surface area contributed by atoms with Gasteiger partial charge in [-0.3, -0.25) is 9.69 Å². The van der Waals surface area contributed by atoms with E-state index in [9.17, 15) is 4.79 Å². The SMILES string of the molecule is CCC(=O)N1c2ncnn2C(c2ccc(C)cc2)CC1c1ccc(C)cc1. The fourth-order valence-corrected chi connectivity index (χ4v) is 3.79. The van der Waals surface area contributed by atoms with Gasteiger partial charge < -0.3 is 0 Å². The third-order valence-electron chi connectivity index (χ3n) is 5.32. The van der Waals surface area contributed by atoms with Crippen LogP contribution in [-0.4, -0.2) is 20.7 Å². The molecule has 1 aliphatic heterocycles. The monoisotopic (exact) mass is 360 g/mol. The lowest BCUT2D eigenvalue weighted by Gasteiger charge is -2.39. The summed E-state index contributed by atoms with van der Waals surface area (Å²) in [6, 6.07) is 17.0. The minimum atomic E-state index is -0.0546. The number of hydrogen-bond acceptors (Lipinski definition) is 3. The van der Waals surface area contributed by atoms with Crippen LogP contribution in [0.15, 0.2) is 54.9 Å². The van der Waals surface area contributed by atoms with Gasteiger partial charge in [0.2, 0.25) is 11.9 Å². The molecule has 0 aliphatic carbocycles. The van der Waals surface area contributed by atoms with Crippen LogP contribution in [0.3, 0.4) is 0 Å². The summed E-state index contributed by atoms with van der Waals surface area (Å²) >= 11 is 0. The summed E-state index contributed by atoms with van der Waals surface area (Å²) in [4.78, 5) is 19.1. The predicted molar refractivity (Wildman–Crippen MR) is 106 cm³/mol. The van der Waals surface area contributed by atoms with Gasteiger partial charge in [-0.05, 0) is 31.4 Å². The van der Waals surface area contributed by atoms with E-state index in [2.05, 4.69) is 72.5 Å². The van der Waals surface area contributed by atoms with E-state index in [1.165, 1.54) is 16.7 Å². The summed E-state index contributed by atoms with van der Waals surface area (Å²) in [6.07, 6.45) is 2.75. The lowest BCUT2D eigenvalue weighted by atomic mass is 9.91. The van der Waals surface area contributed by atoms with Gasteiger partial charge in [-0.2, -0.15) is 10.1 Å². The number of nitrogens with zero attached hydrogens (tertiary/aromatic N) is 4. The molecule has 2 aromatic carbocycles. The van der Waals surface area contributed by atoms with Crippen LogP contribution < -0.4 is 4.90 Å². The van der Waals surface area contributed by atoms with Crippen molar-refractivity contribution in [3.63, 3.8) is 0 Å². The minimum Gasteiger partial charge on any atom is -0.274 e. The molecule has 5 nitrogen and oxygen atoms in total. The van der Waals surface area contributed by atoms with Gasteiger partial charge in [-0.1, -0.05) is 66.6 Å². The number of carbonyl (C=O) groups is 1. The van der Waals surface area contributed by atoms with E-state index in [0.29, 0.717) is 12.4 Å². The normalized spacial score (nSPS) is 19.0. The van der Waals surface area contributed by atoms with Crippen molar-refractivity contribution in [3.8, 4) is 0 Å². The third kappa shape index (κ3) is 3.14. The number of hydrogen-bond donors (Lipinski definition) is 0. The molecule has 0 spiro atoms. The molecule has 0 fully saturated rings. The van der Waals surface area contributed by atoms with E-state index in [-0.39, 0.29) is 18.0 Å². The highest BCUT2D eigenvalue weighted by Gasteiger charge is 2.38. The van der Waals surface area contributed by atoms with Gasteiger partial charge in [0, 0.05) is 6.42 Å². The highest BCUT2D eigenvalue weighted by Crippen LogP contribution is 2.42. The molecule has 3 aromatic rings. The van der Waals surface area contributed by atoms with Crippen molar-refractivity contribution >= 4 is 11.9 Å². The Morgan fingerprint density at radius 3 is 2.07 bits per heavy atom. The molecule has 4 rings (SSSR count). The number of benzene rings is 2. The van der Waals surface area contributed by atoms with E-state index in [1.807, 2.05) is 16.5 Å². The largest absolute Gasteiger partial charge is 0.274 e. The summed E-state index contributed by atoms with van der Waals surface area (Å²) in [7, 11) is 0. The van der Waals surface area contributed by atoms with Crippen LogP contribution in [0.1, 0.15) is 54.1 Å². The van der Waals surface area contributed by atoms with Crippen LogP contribution in [0.5, 0.6) is 0 Å². The highest BCUT2D eigenvalue weighted by atomic mass is 16.2. The Morgan fingerprint density at radius 2 is 1.52 bits per heavy atom. The van der Waals surface area contributed by atoms with Crippen molar-refractivity contribution in [2.24, 2.45) is 0 Å². The number of aryl methyl sites for hydroxylation is 2. The third-order valence-corrected chi connectivity index (χ3v) is 5.32. The van der Waals surface area contributed by atoms with Gasteiger partial charge in [-0.15, -0.1) is 0 Å². The van der Waals surface area contributed by atoms with Crippen LogP contribution in [0, 0.1) is 13.8 Å². The Hall–Kier alpha value is -2.95. The average Bonchev–Trinajstić information content (AvgIpc) is 3.17. The maximum Gasteiger partial charge on any atom is 0.231 e. The Bertz CT molecular complexity index is 943. The second-order valence-electron chi connectivity index (χ2n) is 7.21. The summed E-state index contributed by atoms with van der Waals surface area (Å²) in [6.45, 7) is 6.05. The van der Waals surface area contributed by atoms with Gasteiger partial charge in [0.15, 0.2) is 0 Å². The van der Waals surface area contributed by atoms with Gasteiger partial charge in [-0.25, -0.2) is 4.68 Å². The smallest absolute Gasteiger partial charge is 0.231 e. The fraction of sp³-hybridized carbons (Fsp3) is 0.318. The van der Waals surface area contributed by atoms with E-state index < -0.39 is 0 Å².